The summed E-state index contributed by atoms with van der Waals surface area (Å²) in [5.41, 5.74) is 1.67. The molecule has 4 N–H and O–H groups in total. The standard InChI is InChI=1S/C12H10ClN5O2/c13-7-1-6(10(20)8(19)2-7)3-14-11-9-12(16-4-15-9)18-5-17-11/h1-2,4-5,19-20H,3H2,(H2,14,15,16,17,18). The van der Waals surface area contributed by atoms with Crippen LogP contribution in [0.15, 0.2) is 24.8 Å². The first-order valence-corrected chi connectivity index (χ1v) is 6.11. The number of aromatic hydroxyl groups is 2. The highest BCUT2D eigenvalue weighted by Crippen LogP contribution is 2.32. The molecule has 2 aromatic heterocycles. The number of benzene rings is 1. The Hall–Kier alpha value is -2.54. The minimum Gasteiger partial charge on any atom is -0.504 e. The van der Waals surface area contributed by atoms with Crippen molar-refractivity contribution >= 4 is 28.6 Å². The highest BCUT2D eigenvalue weighted by atomic mass is 35.5. The van der Waals surface area contributed by atoms with Gasteiger partial charge in [0.05, 0.1) is 6.33 Å². The van der Waals surface area contributed by atoms with Crippen molar-refractivity contribution in [1.82, 2.24) is 19.9 Å². The molecular weight excluding hydrogens is 282 g/mol. The van der Waals surface area contributed by atoms with E-state index in [4.69, 9.17) is 11.6 Å². The Kier molecular flexibility index (Phi) is 3.03. The van der Waals surface area contributed by atoms with Gasteiger partial charge in [0.2, 0.25) is 0 Å². The van der Waals surface area contributed by atoms with E-state index in [0.29, 0.717) is 27.6 Å². The van der Waals surface area contributed by atoms with E-state index in [0.717, 1.165) is 0 Å². The number of hydrogen-bond donors (Lipinski definition) is 4. The van der Waals surface area contributed by atoms with E-state index in [9.17, 15) is 10.2 Å². The number of imidazole rings is 1. The van der Waals surface area contributed by atoms with Crippen molar-refractivity contribution in [3.05, 3.63) is 35.4 Å². The molecule has 0 saturated heterocycles. The number of hydrogen-bond acceptors (Lipinski definition) is 6. The first-order chi connectivity index (χ1) is 9.65. The number of rotatable bonds is 3. The summed E-state index contributed by atoms with van der Waals surface area (Å²) in [6, 6.07) is 2.84. The van der Waals surface area contributed by atoms with Gasteiger partial charge in [-0.25, -0.2) is 15.0 Å². The smallest absolute Gasteiger partial charge is 0.182 e. The SMILES string of the molecule is Oc1cc(Cl)cc(CNc2ncnc3nc[nH]c23)c1O. The molecule has 0 atom stereocenters. The molecule has 0 spiro atoms. The first-order valence-electron chi connectivity index (χ1n) is 5.73. The summed E-state index contributed by atoms with van der Waals surface area (Å²) in [7, 11) is 0. The fourth-order valence-electron chi connectivity index (χ4n) is 1.85. The summed E-state index contributed by atoms with van der Waals surface area (Å²) >= 11 is 5.84. The summed E-state index contributed by atoms with van der Waals surface area (Å²) in [4.78, 5) is 15.0. The molecule has 0 bridgehead atoms. The lowest BCUT2D eigenvalue weighted by Gasteiger charge is -2.09. The van der Waals surface area contributed by atoms with Gasteiger partial charge < -0.3 is 20.5 Å². The quantitative estimate of drug-likeness (QED) is 0.550. The normalized spacial score (nSPS) is 10.8. The minimum atomic E-state index is -0.260. The number of anilines is 1. The third-order valence-electron chi connectivity index (χ3n) is 2.80. The molecular formula is C12H10ClN5O2. The average molecular weight is 292 g/mol. The first kappa shape index (κ1) is 12.5. The van der Waals surface area contributed by atoms with E-state index in [1.165, 1.54) is 18.7 Å². The molecule has 0 fully saturated rings. The van der Waals surface area contributed by atoms with Crippen molar-refractivity contribution in [2.24, 2.45) is 0 Å². The van der Waals surface area contributed by atoms with Crippen LogP contribution < -0.4 is 5.32 Å². The number of phenols is 2. The second kappa shape index (κ2) is 4.86. The summed E-state index contributed by atoms with van der Waals surface area (Å²) in [6.45, 7) is 0.241. The van der Waals surface area contributed by atoms with Crippen molar-refractivity contribution in [2.75, 3.05) is 5.32 Å². The van der Waals surface area contributed by atoms with Gasteiger partial charge in [0.1, 0.15) is 11.8 Å². The molecule has 2 heterocycles. The molecule has 20 heavy (non-hydrogen) atoms. The third-order valence-corrected chi connectivity index (χ3v) is 3.02. The minimum absolute atomic E-state index is 0.211. The van der Waals surface area contributed by atoms with Gasteiger partial charge in [-0.05, 0) is 6.07 Å². The number of fused-ring (bicyclic) bond motifs is 1. The van der Waals surface area contributed by atoms with Crippen LogP contribution in [0.1, 0.15) is 5.56 Å². The number of phenolic OH excluding ortho intramolecular Hbond substituents is 2. The van der Waals surface area contributed by atoms with Gasteiger partial charge in [-0.15, -0.1) is 0 Å². The van der Waals surface area contributed by atoms with Gasteiger partial charge >= 0.3 is 0 Å². The predicted molar refractivity (Wildman–Crippen MR) is 73.8 cm³/mol. The zero-order valence-corrected chi connectivity index (χ0v) is 10.9. The van der Waals surface area contributed by atoms with Crippen molar-refractivity contribution in [3.63, 3.8) is 0 Å². The number of halogens is 1. The Balaban J connectivity index is 1.88. The van der Waals surface area contributed by atoms with Crippen molar-refractivity contribution in [1.29, 1.82) is 0 Å². The number of nitrogens with one attached hydrogen (secondary N) is 2. The van der Waals surface area contributed by atoms with Gasteiger partial charge in [0.25, 0.3) is 0 Å². The highest BCUT2D eigenvalue weighted by molar-refractivity contribution is 6.30. The zero-order valence-electron chi connectivity index (χ0n) is 10.1. The molecule has 3 aromatic rings. The van der Waals surface area contributed by atoms with Gasteiger partial charge in [0.15, 0.2) is 23.0 Å². The van der Waals surface area contributed by atoms with Crippen LogP contribution in [0.3, 0.4) is 0 Å². The molecule has 0 radical (unpaired) electrons. The van der Waals surface area contributed by atoms with E-state index in [-0.39, 0.29) is 18.0 Å². The fourth-order valence-corrected chi connectivity index (χ4v) is 2.09. The van der Waals surface area contributed by atoms with Gasteiger partial charge in [-0.1, -0.05) is 11.6 Å². The monoisotopic (exact) mass is 291 g/mol. The number of nitrogens with zero attached hydrogens (tertiary/aromatic N) is 3. The largest absolute Gasteiger partial charge is 0.504 e. The van der Waals surface area contributed by atoms with Crippen molar-refractivity contribution < 1.29 is 10.2 Å². The predicted octanol–water partition coefficient (Wildman–Crippen LogP) is 2.03. The number of H-pyrrole nitrogens is 1. The fraction of sp³-hybridized carbons (Fsp3) is 0.0833. The summed E-state index contributed by atoms with van der Waals surface area (Å²) in [5, 5.41) is 22.7. The molecule has 0 aliphatic rings. The Morgan fingerprint density at radius 2 is 2.05 bits per heavy atom. The second-order valence-corrected chi connectivity index (χ2v) is 4.55. The molecule has 3 rings (SSSR count). The maximum atomic E-state index is 9.77. The van der Waals surface area contributed by atoms with Crippen LogP contribution in [-0.2, 0) is 6.54 Å². The molecule has 0 aliphatic carbocycles. The van der Waals surface area contributed by atoms with E-state index < -0.39 is 0 Å². The van der Waals surface area contributed by atoms with Crippen molar-refractivity contribution in [3.8, 4) is 11.5 Å². The van der Waals surface area contributed by atoms with Crippen molar-refractivity contribution in [2.45, 2.75) is 6.54 Å². The van der Waals surface area contributed by atoms with Crippen LogP contribution in [0.5, 0.6) is 11.5 Å². The Morgan fingerprint density at radius 1 is 1.20 bits per heavy atom. The second-order valence-electron chi connectivity index (χ2n) is 4.11. The van der Waals surface area contributed by atoms with Gasteiger partial charge in [-0.3, -0.25) is 0 Å². The van der Waals surface area contributed by atoms with Crippen LogP contribution >= 0.6 is 11.6 Å². The topological polar surface area (TPSA) is 107 Å². The maximum absolute atomic E-state index is 9.77. The molecule has 1 aromatic carbocycles. The molecule has 0 unspecified atom stereocenters. The molecule has 0 amide bonds. The molecule has 8 heteroatoms. The van der Waals surface area contributed by atoms with Crippen LogP contribution in [0.25, 0.3) is 11.2 Å². The molecule has 102 valence electrons. The molecule has 0 saturated carbocycles. The third kappa shape index (κ3) is 2.19. The Labute approximate surface area is 118 Å². The van der Waals surface area contributed by atoms with E-state index in [1.807, 2.05) is 0 Å². The Morgan fingerprint density at radius 3 is 2.90 bits per heavy atom. The highest BCUT2D eigenvalue weighted by Gasteiger charge is 2.10. The maximum Gasteiger partial charge on any atom is 0.182 e. The lowest BCUT2D eigenvalue weighted by Crippen LogP contribution is -2.03. The zero-order chi connectivity index (χ0) is 14.1. The summed E-state index contributed by atoms with van der Waals surface area (Å²) in [5.74, 6) is 0.0758. The van der Waals surface area contributed by atoms with Gasteiger partial charge in [0, 0.05) is 23.2 Å². The lowest BCUT2D eigenvalue weighted by molar-refractivity contribution is 0.400. The van der Waals surface area contributed by atoms with Gasteiger partial charge in [-0.2, -0.15) is 0 Å². The molecule has 0 aliphatic heterocycles. The average Bonchev–Trinajstić information content (AvgIpc) is 2.90. The van der Waals surface area contributed by atoms with E-state index in [1.54, 1.807) is 6.07 Å². The van der Waals surface area contributed by atoms with E-state index >= 15 is 0 Å². The summed E-state index contributed by atoms with van der Waals surface area (Å²) < 4.78 is 0. The Bertz CT molecular complexity index is 774. The van der Waals surface area contributed by atoms with Crippen LogP contribution in [0.2, 0.25) is 5.02 Å². The van der Waals surface area contributed by atoms with Crippen LogP contribution in [0, 0.1) is 0 Å². The number of aromatic nitrogens is 4. The van der Waals surface area contributed by atoms with Crippen LogP contribution in [0.4, 0.5) is 5.82 Å². The summed E-state index contributed by atoms with van der Waals surface area (Å²) in [6.07, 6.45) is 2.91. The number of aromatic amines is 1. The van der Waals surface area contributed by atoms with E-state index in [2.05, 4.69) is 25.3 Å². The lowest BCUT2D eigenvalue weighted by atomic mass is 10.2. The van der Waals surface area contributed by atoms with Crippen LogP contribution in [-0.4, -0.2) is 30.1 Å². The molecule has 7 nitrogen and oxygen atoms in total.